The van der Waals surface area contributed by atoms with E-state index in [1.54, 1.807) is 25.6 Å². The van der Waals surface area contributed by atoms with E-state index in [0.29, 0.717) is 17.4 Å². The van der Waals surface area contributed by atoms with Crippen LogP contribution in [0.15, 0.2) is 36.7 Å². The zero-order chi connectivity index (χ0) is 15.1. The van der Waals surface area contributed by atoms with Gasteiger partial charge in [-0.1, -0.05) is 6.07 Å². The Bertz CT molecular complexity index is 563. The lowest BCUT2D eigenvalue weighted by Gasteiger charge is -2.16. The van der Waals surface area contributed by atoms with Crippen molar-refractivity contribution in [2.45, 2.75) is 13.0 Å². The first-order valence-electron chi connectivity index (χ1n) is 6.69. The van der Waals surface area contributed by atoms with Crippen LogP contribution in [0.3, 0.4) is 0 Å². The minimum Gasteiger partial charge on any atom is -0.493 e. The maximum Gasteiger partial charge on any atom is 0.223 e. The number of hydrogen-bond acceptors (Lipinski definition) is 6. The second-order valence-corrected chi connectivity index (χ2v) is 4.42. The molecule has 0 aliphatic carbocycles. The van der Waals surface area contributed by atoms with Gasteiger partial charge in [-0.3, -0.25) is 0 Å². The van der Waals surface area contributed by atoms with E-state index in [-0.39, 0.29) is 19.3 Å². The molecule has 1 atom stereocenters. The lowest BCUT2D eigenvalue weighted by Crippen LogP contribution is -2.10. The van der Waals surface area contributed by atoms with Crippen molar-refractivity contribution in [1.29, 1.82) is 0 Å². The SMILES string of the molecule is COc1cc([C@@H](C)Nc2ncccn2)ccc1OCCO. The minimum absolute atomic E-state index is 0.0215. The third-order valence-corrected chi connectivity index (χ3v) is 2.95. The number of aromatic nitrogens is 2. The molecule has 1 aromatic heterocycles. The Morgan fingerprint density at radius 1 is 1.24 bits per heavy atom. The Morgan fingerprint density at radius 2 is 2.00 bits per heavy atom. The molecule has 0 saturated heterocycles. The molecular formula is C15H19N3O3. The van der Waals surface area contributed by atoms with Crippen LogP contribution in [0.25, 0.3) is 0 Å². The summed E-state index contributed by atoms with van der Waals surface area (Å²) in [6, 6.07) is 7.46. The van der Waals surface area contributed by atoms with Crippen molar-refractivity contribution in [3.05, 3.63) is 42.2 Å². The molecule has 21 heavy (non-hydrogen) atoms. The smallest absolute Gasteiger partial charge is 0.223 e. The molecule has 2 rings (SSSR count). The van der Waals surface area contributed by atoms with Gasteiger partial charge in [-0.25, -0.2) is 9.97 Å². The number of aliphatic hydroxyl groups excluding tert-OH is 1. The topological polar surface area (TPSA) is 76.5 Å². The molecule has 0 amide bonds. The van der Waals surface area contributed by atoms with Crippen LogP contribution >= 0.6 is 0 Å². The molecule has 6 nitrogen and oxygen atoms in total. The molecular weight excluding hydrogens is 270 g/mol. The van der Waals surface area contributed by atoms with Crippen molar-refractivity contribution < 1.29 is 14.6 Å². The molecule has 2 aromatic rings. The molecule has 112 valence electrons. The standard InChI is InChI=1S/C15H19N3O3/c1-11(18-15-16-6-3-7-17-15)12-4-5-13(21-9-8-19)14(10-12)20-2/h3-7,10-11,19H,8-9H2,1-2H3,(H,16,17,18)/t11-/m1/s1. The predicted octanol–water partition coefficient (Wildman–Crippen LogP) is 2.03. The van der Waals surface area contributed by atoms with Crippen LogP contribution in [0.1, 0.15) is 18.5 Å². The summed E-state index contributed by atoms with van der Waals surface area (Å²) in [6.07, 6.45) is 3.38. The number of anilines is 1. The summed E-state index contributed by atoms with van der Waals surface area (Å²) >= 11 is 0. The summed E-state index contributed by atoms with van der Waals surface area (Å²) in [6.45, 7) is 2.22. The van der Waals surface area contributed by atoms with E-state index < -0.39 is 0 Å². The van der Waals surface area contributed by atoms with Crippen LogP contribution in [-0.2, 0) is 0 Å². The van der Waals surface area contributed by atoms with Crippen molar-refractivity contribution in [2.75, 3.05) is 25.6 Å². The first-order chi connectivity index (χ1) is 10.2. The summed E-state index contributed by atoms with van der Waals surface area (Å²) < 4.78 is 10.7. The summed E-state index contributed by atoms with van der Waals surface area (Å²) in [4.78, 5) is 8.28. The Kier molecular flexibility index (Phi) is 5.34. The van der Waals surface area contributed by atoms with E-state index in [9.17, 15) is 0 Å². The summed E-state index contributed by atoms with van der Waals surface area (Å²) in [5.74, 6) is 1.81. The molecule has 2 N–H and O–H groups in total. The average molecular weight is 289 g/mol. The van der Waals surface area contributed by atoms with Gasteiger partial charge in [0, 0.05) is 12.4 Å². The van der Waals surface area contributed by atoms with E-state index >= 15 is 0 Å². The summed E-state index contributed by atoms with van der Waals surface area (Å²) in [7, 11) is 1.59. The second-order valence-electron chi connectivity index (χ2n) is 4.42. The maximum atomic E-state index is 8.81. The van der Waals surface area contributed by atoms with Gasteiger partial charge < -0.3 is 19.9 Å². The van der Waals surface area contributed by atoms with E-state index in [2.05, 4.69) is 15.3 Å². The maximum absolute atomic E-state index is 8.81. The van der Waals surface area contributed by atoms with Gasteiger partial charge in [-0.15, -0.1) is 0 Å². The fourth-order valence-electron chi connectivity index (χ4n) is 1.88. The average Bonchev–Trinajstić information content (AvgIpc) is 2.53. The van der Waals surface area contributed by atoms with Gasteiger partial charge in [0.05, 0.1) is 19.8 Å². The quantitative estimate of drug-likeness (QED) is 0.812. The van der Waals surface area contributed by atoms with Crippen molar-refractivity contribution in [3.8, 4) is 11.5 Å². The van der Waals surface area contributed by atoms with Gasteiger partial charge in [-0.2, -0.15) is 0 Å². The van der Waals surface area contributed by atoms with Crippen molar-refractivity contribution in [3.63, 3.8) is 0 Å². The largest absolute Gasteiger partial charge is 0.493 e. The Morgan fingerprint density at radius 3 is 2.67 bits per heavy atom. The van der Waals surface area contributed by atoms with Crippen LogP contribution < -0.4 is 14.8 Å². The predicted molar refractivity (Wildman–Crippen MR) is 79.6 cm³/mol. The Hall–Kier alpha value is -2.34. The Balaban J connectivity index is 2.12. The molecule has 0 fully saturated rings. The molecule has 6 heteroatoms. The molecule has 0 aliphatic heterocycles. The second kappa shape index (κ2) is 7.44. The summed E-state index contributed by atoms with van der Waals surface area (Å²) in [5.41, 5.74) is 1.02. The zero-order valence-electron chi connectivity index (χ0n) is 12.1. The summed E-state index contributed by atoms with van der Waals surface area (Å²) in [5, 5.41) is 12.0. The lowest BCUT2D eigenvalue weighted by molar-refractivity contribution is 0.196. The van der Waals surface area contributed by atoms with E-state index in [1.165, 1.54) is 0 Å². The fraction of sp³-hybridized carbons (Fsp3) is 0.333. The lowest BCUT2D eigenvalue weighted by atomic mass is 10.1. The number of hydrogen-bond donors (Lipinski definition) is 2. The number of nitrogens with one attached hydrogen (secondary N) is 1. The molecule has 0 bridgehead atoms. The monoisotopic (exact) mass is 289 g/mol. The molecule has 1 aromatic carbocycles. The molecule has 0 saturated carbocycles. The number of ether oxygens (including phenoxy) is 2. The van der Waals surface area contributed by atoms with Gasteiger partial charge in [0.2, 0.25) is 5.95 Å². The highest BCUT2D eigenvalue weighted by Crippen LogP contribution is 2.30. The third-order valence-electron chi connectivity index (χ3n) is 2.95. The highest BCUT2D eigenvalue weighted by Gasteiger charge is 2.11. The fourth-order valence-corrected chi connectivity index (χ4v) is 1.88. The first kappa shape index (κ1) is 15.1. The third kappa shape index (κ3) is 4.06. The van der Waals surface area contributed by atoms with E-state index in [1.807, 2.05) is 25.1 Å². The van der Waals surface area contributed by atoms with Gasteiger partial charge >= 0.3 is 0 Å². The van der Waals surface area contributed by atoms with Crippen molar-refractivity contribution in [1.82, 2.24) is 9.97 Å². The number of benzene rings is 1. The van der Waals surface area contributed by atoms with Crippen LogP contribution in [0.5, 0.6) is 11.5 Å². The minimum atomic E-state index is -0.0335. The highest BCUT2D eigenvalue weighted by molar-refractivity contribution is 5.45. The molecule has 0 spiro atoms. The highest BCUT2D eigenvalue weighted by atomic mass is 16.5. The molecule has 1 heterocycles. The van der Waals surface area contributed by atoms with Crippen molar-refractivity contribution in [2.24, 2.45) is 0 Å². The first-order valence-corrected chi connectivity index (χ1v) is 6.69. The van der Waals surface area contributed by atoms with Gasteiger partial charge in [-0.05, 0) is 30.7 Å². The van der Waals surface area contributed by atoms with Gasteiger partial charge in [0.25, 0.3) is 0 Å². The number of nitrogens with zero attached hydrogens (tertiary/aromatic N) is 2. The molecule has 0 radical (unpaired) electrons. The van der Waals surface area contributed by atoms with E-state index in [4.69, 9.17) is 14.6 Å². The van der Waals surface area contributed by atoms with Gasteiger partial charge in [0.15, 0.2) is 11.5 Å². The Labute approximate surface area is 123 Å². The van der Waals surface area contributed by atoms with Crippen LogP contribution in [0, 0.1) is 0 Å². The van der Waals surface area contributed by atoms with Crippen molar-refractivity contribution >= 4 is 5.95 Å². The van der Waals surface area contributed by atoms with Gasteiger partial charge in [0.1, 0.15) is 6.61 Å². The molecule has 0 unspecified atom stereocenters. The number of methoxy groups -OCH3 is 1. The molecule has 0 aliphatic rings. The number of aliphatic hydroxyl groups is 1. The van der Waals surface area contributed by atoms with Crippen LogP contribution in [0.4, 0.5) is 5.95 Å². The van der Waals surface area contributed by atoms with Crippen LogP contribution in [-0.4, -0.2) is 35.4 Å². The van der Waals surface area contributed by atoms with E-state index in [0.717, 1.165) is 5.56 Å². The normalized spacial score (nSPS) is 11.8. The van der Waals surface area contributed by atoms with Crippen LogP contribution in [0.2, 0.25) is 0 Å². The number of rotatable bonds is 7. The zero-order valence-corrected chi connectivity index (χ0v) is 12.1.